The highest BCUT2D eigenvalue weighted by Crippen LogP contribution is 2.35. The van der Waals surface area contributed by atoms with Crippen molar-refractivity contribution in [3.8, 4) is 5.75 Å². The van der Waals surface area contributed by atoms with Crippen molar-refractivity contribution >= 4 is 51.2 Å². The molecule has 3 aromatic carbocycles. The van der Waals surface area contributed by atoms with Gasteiger partial charge in [-0.3, -0.25) is 19.8 Å². The Hall–Kier alpha value is -4.37. The average molecular weight is 541 g/mol. The van der Waals surface area contributed by atoms with E-state index in [1.807, 2.05) is 61.7 Å². The number of non-ortho nitro benzene ring substituents is 1. The summed E-state index contributed by atoms with van der Waals surface area (Å²) >= 11 is 1.30. The second kappa shape index (κ2) is 11.6. The molecule has 1 atom stereocenters. The number of H-pyrrole nitrogens is 1. The van der Waals surface area contributed by atoms with Crippen LogP contribution in [-0.2, 0) is 11.2 Å². The van der Waals surface area contributed by atoms with Gasteiger partial charge in [0.05, 0.1) is 21.6 Å². The van der Waals surface area contributed by atoms with Crippen LogP contribution in [-0.4, -0.2) is 38.5 Å². The molecule has 0 aliphatic carbocycles. The number of nitrogens with one attached hydrogen (secondary N) is 1. The molecule has 9 heteroatoms. The lowest BCUT2D eigenvalue weighted by Gasteiger charge is -2.15. The number of nitro groups is 1. The van der Waals surface area contributed by atoms with Crippen LogP contribution in [0.25, 0.3) is 17.0 Å². The molecule has 4 aromatic rings. The Labute approximate surface area is 230 Å². The normalized spacial score (nSPS) is 16.4. The number of hydrogen-bond donors (Lipinski definition) is 1. The quantitative estimate of drug-likeness (QED) is 0.139. The van der Waals surface area contributed by atoms with E-state index in [0.717, 1.165) is 34.2 Å². The SMILES string of the molecule is CC[C@@H](C)Oc1ccc(/C=C2\SC(=Nc3ccc([N+](=O)[O-])cc3)N(CCc3c[nH]c4ccccc34)C2=O)cc1. The molecule has 198 valence electrons. The summed E-state index contributed by atoms with van der Waals surface area (Å²) in [6.45, 7) is 4.55. The maximum absolute atomic E-state index is 13.6. The molecule has 0 spiro atoms. The second-order valence-electron chi connectivity index (χ2n) is 9.25. The monoisotopic (exact) mass is 540 g/mol. The van der Waals surface area contributed by atoms with Gasteiger partial charge in [0.2, 0.25) is 0 Å². The Morgan fingerprint density at radius 3 is 2.56 bits per heavy atom. The molecule has 0 bridgehead atoms. The molecule has 0 unspecified atom stereocenters. The van der Waals surface area contributed by atoms with Crippen molar-refractivity contribution < 1.29 is 14.5 Å². The number of rotatable bonds is 9. The fraction of sp³-hybridized carbons (Fsp3) is 0.200. The summed E-state index contributed by atoms with van der Waals surface area (Å²) in [7, 11) is 0. The van der Waals surface area contributed by atoms with E-state index >= 15 is 0 Å². The lowest BCUT2D eigenvalue weighted by Crippen LogP contribution is -2.31. The highest BCUT2D eigenvalue weighted by atomic mass is 32.2. The lowest BCUT2D eigenvalue weighted by atomic mass is 10.1. The molecule has 2 heterocycles. The van der Waals surface area contributed by atoms with Gasteiger partial charge in [-0.2, -0.15) is 0 Å². The summed E-state index contributed by atoms with van der Waals surface area (Å²) in [6, 6.07) is 21.7. The van der Waals surface area contributed by atoms with Crippen LogP contribution in [0.1, 0.15) is 31.4 Å². The molecule has 1 N–H and O–H groups in total. The molecule has 8 nitrogen and oxygen atoms in total. The van der Waals surface area contributed by atoms with Gasteiger partial charge in [0.25, 0.3) is 11.6 Å². The number of amidine groups is 1. The molecule has 39 heavy (non-hydrogen) atoms. The molecular weight excluding hydrogens is 512 g/mol. The number of fused-ring (bicyclic) bond motifs is 1. The first-order chi connectivity index (χ1) is 18.9. The van der Waals surface area contributed by atoms with E-state index in [9.17, 15) is 14.9 Å². The van der Waals surface area contributed by atoms with Gasteiger partial charge < -0.3 is 9.72 Å². The van der Waals surface area contributed by atoms with Crippen LogP contribution in [0.5, 0.6) is 5.75 Å². The summed E-state index contributed by atoms with van der Waals surface area (Å²) in [4.78, 5) is 34.4. The van der Waals surface area contributed by atoms with Gasteiger partial charge >= 0.3 is 0 Å². The third-order valence-corrected chi connectivity index (χ3v) is 7.55. The molecule has 1 aliphatic heterocycles. The van der Waals surface area contributed by atoms with Gasteiger partial charge in [-0.05, 0) is 79.1 Å². The standard InChI is InChI=1S/C30H28N4O4S/c1-3-20(2)38-25-14-8-21(9-15-25)18-28-29(35)33(17-16-22-19-31-27-7-5-4-6-26(22)27)30(39-28)32-23-10-12-24(13-11-23)34(36)37/h4-15,18-20,31H,3,16-17H2,1-2H3/b28-18-,32-30?/t20-/m1/s1. The number of aliphatic imine (C=N–C) groups is 1. The number of carbonyl (C=O) groups excluding carboxylic acids is 1. The minimum absolute atomic E-state index is 0.00775. The largest absolute Gasteiger partial charge is 0.491 e. The molecule has 1 aliphatic rings. The smallest absolute Gasteiger partial charge is 0.269 e. The molecule has 0 radical (unpaired) electrons. The van der Waals surface area contributed by atoms with E-state index in [1.54, 1.807) is 17.0 Å². The van der Waals surface area contributed by atoms with Crippen molar-refractivity contribution in [1.29, 1.82) is 0 Å². The van der Waals surface area contributed by atoms with Crippen LogP contribution >= 0.6 is 11.8 Å². The third kappa shape index (κ3) is 6.04. The Balaban J connectivity index is 1.41. The zero-order chi connectivity index (χ0) is 27.4. The molecule has 1 saturated heterocycles. The van der Waals surface area contributed by atoms with Gasteiger partial charge in [0, 0.05) is 35.8 Å². The Morgan fingerprint density at radius 2 is 1.85 bits per heavy atom. The highest BCUT2D eigenvalue weighted by molar-refractivity contribution is 8.18. The fourth-order valence-electron chi connectivity index (χ4n) is 4.23. The summed E-state index contributed by atoms with van der Waals surface area (Å²) in [6.07, 6.45) is 5.53. The van der Waals surface area contributed by atoms with Crippen molar-refractivity contribution in [3.63, 3.8) is 0 Å². The Bertz CT molecular complexity index is 1560. The van der Waals surface area contributed by atoms with E-state index in [2.05, 4.69) is 18.0 Å². The van der Waals surface area contributed by atoms with E-state index < -0.39 is 4.92 Å². The van der Waals surface area contributed by atoms with Crippen LogP contribution < -0.4 is 4.74 Å². The number of aromatic nitrogens is 1. The maximum Gasteiger partial charge on any atom is 0.269 e. The first-order valence-corrected chi connectivity index (χ1v) is 13.6. The number of hydrogen-bond acceptors (Lipinski definition) is 6. The van der Waals surface area contributed by atoms with Gasteiger partial charge in [-0.15, -0.1) is 0 Å². The van der Waals surface area contributed by atoms with E-state index in [0.29, 0.717) is 28.7 Å². The number of aromatic amines is 1. The predicted octanol–water partition coefficient (Wildman–Crippen LogP) is 7.10. The highest BCUT2D eigenvalue weighted by Gasteiger charge is 2.33. The summed E-state index contributed by atoms with van der Waals surface area (Å²) < 4.78 is 5.87. The van der Waals surface area contributed by atoms with Crippen molar-refractivity contribution in [2.75, 3.05) is 6.54 Å². The van der Waals surface area contributed by atoms with Gasteiger partial charge in [-0.25, -0.2) is 4.99 Å². The first-order valence-electron chi connectivity index (χ1n) is 12.8. The zero-order valence-electron chi connectivity index (χ0n) is 21.7. The summed E-state index contributed by atoms with van der Waals surface area (Å²) in [5.74, 6) is 0.665. The van der Waals surface area contributed by atoms with E-state index in [1.165, 1.54) is 23.9 Å². The van der Waals surface area contributed by atoms with E-state index in [-0.39, 0.29) is 17.7 Å². The third-order valence-electron chi connectivity index (χ3n) is 6.54. The molecule has 5 rings (SSSR count). The number of nitrogens with zero attached hydrogens (tertiary/aromatic N) is 3. The van der Waals surface area contributed by atoms with Crippen LogP contribution in [0.2, 0.25) is 0 Å². The number of carbonyl (C=O) groups is 1. The predicted molar refractivity (Wildman–Crippen MR) is 156 cm³/mol. The van der Waals surface area contributed by atoms with Crippen LogP contribution in [0.3, 0.4) is 0 Å². The molecule has 1 fully saturated rings. The fourth-order valence-corrected chi connectivity index (χ4v) is 5.25. The molecule has 0 saturated carbocycles. The van der Waals surface area contributed by atoms with Crippen molar-refractivity contribution in [3.05, 3.63) is 105 Å². The van der Waals surface area contributed by atoms with Gasteiger partial charge in [0.1, 0.15) is 5.75 Å². The first kappa shape index (κ1) is 26.2. The van der Waals surface area contributed by atoms with Crippen LogP contribution in [0.4, 0.5) is 11.4 Å². The minimum Gasteiger partial charge on any atom is -0.491 e. The number of amides is 1. The van der Waals surface area contributed by atoms with Crippen molar-refractivity contribution in [2.45, 2.75) is 32.8 Å². The summed E-state index contributed by atoms with van der Waals surface area (Å²) in [5, 5.41) is 12.7. The van der Waals surface area contributed by atoms with Crippen LogP contribution in [0.15, 0.2) is 88.9 Å². The number of thioether (sulfide) groups is 1. The summed E-state index contributed by atoms with van der Waals surface area (Å²) in [5.41, 5.74) is 3.59. The Kier molecular flexibility index (Phi) is 7.79. The van der Waals surface area contributed by atoms with Crippen LogP contribution in [0, 0.1) is 10.1 Å². The van der Waals surface area contributed by atoms with Gasteiger partial charge in [-0.1, -0.05) is 37.3 Å². The maximum atomic E-state index is 13.6. The molecule has 1 amide bonds. The van der Waals surface area contributed by atoms with Crippen molar-refractivity contribution in [2.24, 2.45) is 4.99 Å². The zero-order valence-corrected chi connectivity index (χ0v) is 22.5. The number of nitro benzene ring substituents is 1. The topological polar surface area (TPSA) is 101 Å². The average Bonchev–Trinajstić information content (AvgIpc) is 3.49. The van der Waals surface area contributed by atoms with Gasteiger partial charge in [0.15, 0.2) is 5.17 Å². The number of ether oxygens (including phenoxy) is 1. The molecule has 1 aromatic heterocycles. The number of benzene rings is 3. The second-order valence-corrected chi connectivity index (χ2v) is 10.3. The number of para-hydroxylation sites is 1. The van der Waals surface area contributed by atoms with E-state index in [4.69, 9.17) is 9.73 Å². The minimum atomic E-state index is -0.446. The lowest BCUT2D eigenvalue weighted by molar-refractivity contribution is -0.384. The Morgan fingerprint density at radius 1 is 1.10 bits per heavy atom. The van der Waals surface area contributed by atoms with Crippen molar-refractivity contribution in [1.82, 2.24) is 9.88 Å². The molecular formula is C30H28N4O4S.